The Balaban J connectivity index is 2.34. The minimum atomic E-state index is -3.79. The van der Waals surface area contributed by atoms with Crippen LogP contribution < -0.4 is 10.5 Å². The average molecular weight is 315 g/mol. The lowest BCUT2D eigenvalue weighted by molar-refractivity contribution is 0.0690. The first kappa shape index (κ1) is 16.0. The number of carboxylic acids is 1. The standard InChI is InChI=1S/C13H21N3O4S/c1-7-11(13(17)18)15-8(2)12(7)21(19,20)16-10-6-4-3-5-9(10)14/h9-10,15-16H,3-6,14H2,1-2H3,(H,17,18). The van der Waals surface area contributed by atoms with Gasteiger partial charge in [-0.05, 0) is 26.7 Å². The number of nitrogens with one attached hydrogen (secondary N) is 2. The molecule has 21 heavy (non-hydrogen) atoms. The third-order valence-corrected chi connectivity index (χ3v) is 5.74. The number of aromatic nitrogens is 1. The fourth-order valence-corrected chi connectivity index (χ4v) is 4.68. The summed E-state index contributed by atoms with van der Waals surface area (Å²) in [5.41, 5.74) is 6.41. The lowest BCUT2D eigenvalue weighted by Crippen LogP contribution is -2.49. The second-order valence-corrected chi connectivity index (χ2v) is 7.21. The van der Waals surface area contributed by atoms with Gasteiger partial charge in [-0.25, -0.2) is 17.9 Å². The van der Waals surface area contributed by atoms with Gasteiger partial charge in [-0.15, -0.1) is 0 Å². The molecule has 1 fully saturated rings. The maximum Gasteiger partial charge on any atom is 0.352 e. The number of carbonyl (C=O) groups is 1. The highest BCUT2D eigenvalue weighted by atomic mass is 32.2. The molecule has 0 radical (unpaired) electrons. The van der Waals surface area contributed by atoms with E-state index in [1.807, 2.05) is 0 Å². The van der Waals surface area contributed by atoms with Crippen LogP contribution in [0.1, 0.15) is 47.4 Å². The zero-order valence-corrected chi connectivity index (χ0v) is 13.0. The van der Waals surface area contributed by atoms with Crippen LogP contribution in [0.4, 0.5) is 0 Å². The van der Waals surface area contributed by atoms with Gasteiger partial charge in [-0.2, -0.15) is 0 Å². The van der Waals surface area contributed by atoms with Crippen molar-refractivity contribution in [2.75, 3.05) is 0 Å². The van der Waals surface area contributed by atoms with E-state index >= 15 is 0 Å². The number of aromatic amines is 1. The number of H-pyrrole nitrogens is 1. The van der Waals surface area contributed by atoms with E-state index in [0.29, 0.717) is 12.1 Å². The fraction of sp³-hybridized carbons (Fsp3) is 0.615. The van der Waals surface area contributed by atoms with Crippen LogP contribution in [-0.2, 0) is 10.0 Å². The molecule has 1 heterocycles. The number of hydrogen-bond acceptors (Lipinski definition) is 4. The van der Waals surface area contributed by atoms with Crippen molar-refractivity contribution >= 4 is 16.0 Å². The minimum absolute atomic E-state index is 0.0117. The van der Waals surface area contributed by atoms with Crippen LogP contribution >= 0.6 is 0 Å². The van der Waals surface area contributed by atoms with Crippen molar-refractivity contribution < 1.29 is 18.3 Å². The van der Waals surface area contributed by atoms with Crippen LogP contribution in [0.3, 0.4) is 0 Å². The summed E-state index contributed by atoms with van der Waals surface area (Å²) < 4.78 is 27.7. The van der Waals surface area contributed by atoms with E-state index in [9.17, 15) is 13.2 Å². The smallest absolute Gasteiger partial charge is 0.352 e. The molecule has 0 aromatic carbocycles. The number of hydrogen-bond donors (Lipinski definition) is 4. The van der Waals surface area contributed by atoms with Crippen LogP contribution in [0.2, 0.25) is 0 Å². The molecule has 1 aliphatic carbocycles. The van der Waals surface area contributed by atoms with Crippen molar-refractivity contribution in [2.24, 2.45) is 5.73 Å². The topological polar surface area (TPSA) is 125 Å². The van der Waals surface area contributed by atoms with E-state index in [1.165, 1.54) is 6.92 Å². The second kappa shape index (κ2) is 5.78. The molecule has 7 nitrogen and oxygen atoms in total. The molecule has 2 rings (SSSR count). The Morgan fingerprint density at radius 2 is 1.95 bits per heavy atom. The van der Waals surface area contributed by atoms with Gasteiger partial charge in [-0.1, -0.05) is 12.8 Å². The lowest BCUT2D eigenvalue weighted by atomic mass is 9.92. The summed E-state index contributed by atoms with van der Waals surface area (Å²) in [6.45, 7) is 3.04. The molecule has 1 aromatic heterocycles. The van der Waals surface area contributed by atoms with Gasteiger partial charge in [0.05, 0.1) is 0 Å². The van der Waals surface area contributed by atoms with Crippen LogP contribution in [0, 0.1) is 13.8 Å². The van der Waals surface area contributed by atoms with Crippen LogP contribution in [0.15, 0.2) is 4.90 Å². The van der Waals surface area contributed by atoms with Crippen LogP contribution in [0.5, 0.6) is 0 Å². The van der Waals surface area contributed by atoms with Gasteiger partial charge in [0, 0.05) is 23.3 Å². The minimum Gasteiger partial charge on any atom is -0.477 e. The first-order chi connectivity index (χ1) is 9.74. The van der Waals surface area contributed by atoms with Crippen molar-refractivity contribution in [3.63, 3.8) is 0 Å². The first-order valence-electron chi connectivity index (χ1n) is 6.94. The SMILES string of the molecule is Cc1[nH]c(C(=O)O)c(C)c1S(=O)(=O)NC1CCCCC1N. The Bertz CT molecular complexity index is 651. The van der Waals surface area contributed by atoms with Gasteiger partial charge >= 0.3 is 5.97 Å². The van der Waals surface area contributed by atoms with E-state index in [1.54, 1.807) is 6.92 Å². The predicted octanol–water partition coefficient (Wildman–Crippen LogP) is 0.878. The highest BCUT2D eigenvalue weighted by molar-refractivity contribution is 7.89. The van der Waals surface area contributed by atoms with Crippen molar-refractivity contribution in [2.45, 2.75) is 56.5 Å². The maximum atomic E-state index is 12.5. The quantitative estimate of drug-likeness (QED) is 0.656. The number of carboxylic acid groups (broad SMARTS) is 1. The Morgan fingerprint density at radius 3 is 2.48 bits per heavy atom. The molecule has 0 aliphatic heterocycles. The molecule has 5 N–H and O–H groups in total. The van der Waals surface area contributed by atoms with Crippen LogP contribution in [0.25, 0.3) is 0 Å². The highest BCUT2D eigenvalue weighted by Crippen LogP contribution is 2.25. The third kappa shape index (κ3) is 3.12. The fourth-order valence-electron chi connectivity index (χ4n) is 2.91. The summed E-state index contributed by atoms with van der Waals surface area (Å²) in [6, 6.07) is -0.502. The van der Waals surface area contributed by atoms with E-state index in [-0.39, 0.29) is 28.2 Å². The van der Waals surface area contributed by atoms with E-state index in [4.69, 9.17) is 10.8 Å². The van der Waals surface area contributed by atoms with Gasteiger partial charge in [-0.3, -0.25) is 0 Å². The van der Waals surface area contributed by atoms with Gasteiger partial charge in [0.15, 0.2) is 0 Å². The van der Waals surface area contributed by atoms with Crippen molar-refractivity contribution in [1.29, 1.82) is 0 Å². The molecule has 0 spiro atoms. The first-order valence-corrected chi connectivity index (χ1v) is 8.42. The molecular formula is C13H21N3O4S. The van der Waals surface area contributed by atoms with Crippen molar-refractivity contribution in [3.8, 4) is 0 Å². The Labute approximate surface area is 124 Å². The third-order valence-electron chi connectivity index (χ3n) is 3.98. The van der Waals surface area contributed by atoms with Crippen LogP contribution in [-0.4, -0.2) is 36.6 Å². The molecule has 8 heteroatoms. The summed E-state index contributed by atoms with van der Waals surface area (Å²) >= 11 is 0. The zero-order chi connectivity index (χ0) is 15.8. The predicted molar refractivity (Wildman–Crippen MR) is 77.8 cm³/mol. The number of rotatable bonds is 4. The number of sulfonamides is 1. The monoisotopic (exact) mass is 315 g/mol. The van der Waals surface area contributed by atoms with Gasteiger partial charge in [0.2, 0.25) is 10.0 Å². The Kier molecular flexibility index (Phi) is 4.40. The number of aromatic carboxylic acids is 1. The summed E-state index contributed by atoms with van der Waals surface area (Å²) in [6.07, 6.45) is 3.44. The molecule has 1 aliphatic rings. The molecule has 0 bridgehead atoms. The number of nitrogens with two attached hydrogens (primary N) is 1. The zero-order valence-electron chi connectivity index (χ0n) is 12.1. The van der Waals surface area contributed by atoms with E-state index in [2.05, 4.69) is 9.71 Å². The molecule has 0 saturated heterocycles. The average Bonchev–Trinajstić information content (AvgIpc) is 2.68. The molecule has 0 amide bonds. The molecule has 118 valence electrons. The lowest BCUT2D eigenvalue weighted by Gasteiger charge is -2.29. The Hall–Kier alpha value is -1.38. The summed E-state index contributed by atoms with van der Waals surface area (Å²) in [4.78, 5) is 13.7. The van der Waals surface area contributed by atoms with Crippen molar-refractivity contribution in [1.82, 2.24) is 9.71 Å². The van der Waals surface area contributed by atoms with E-state index in [0.717, 1.165) is 19.3 Å². The Morgan fingerprint density at radius 1 is 1.33 bits per heavy atom. The van der Waals surface area contributed by atoms with Gasteiger partial charge in [0.1, 0.15) is 10.6 Å². The summed E-state index contributed by atoms with van der Waals surface area (Å²) in [7, 11) is -3.79. The van der Waals surface area contributed by atoms with Gasteiger partial charge in [0.25, 0.3) is 0 Å². The largest absolute Gasteiger partial charge is 0.477 e. The van der Waals surface area contributed by atoms with Gasteiger partial charge < -0.3 is 15.8 Å². The second-order valence-electron chi connectivity index (χ2n) is 5.56. The maximum absolute atomic E-state index is 12.5. The normalized spacial score (nSPS) is 23.2. The summed E-state index contributed by atoms with van der Waals surface area (Å²) in [5.74, 6) is -1.17. The molecule has 2 atom stereocenters. The molecule has 1 saturated carbocycles. The summed E-state index contributed by atoms with van der Waals surface area (Å²) in [5, 5.41) is 9.07. The molecular weight excluding hydrogens is 294 g/mol. The van der Waals surface area contributed by atoms with E-state index < -0.39 is 16.0 Å². The molecule has 1 aromatic rings. The van der Waals surface area contributed by atoms with Crippen molar-refractivity contribution in [3.05, 3.63) is 17.0 Å². The number of aryl methyl sites for hydroxylation is 1. The highest BCUT2D eigenvalue weighted by Gasteiger charge is 2.31. The molecule has 2 unspecified atom stereocenters.